The van der Waals surface area contributed by atoms with Crippen LogP contribution in [0.25, 0.3) is 4.96 Å². The van der Waals surface area contributed by atoms with E-state index in [2.05, 4.69) is 40.5 Å². The van der Waals surface area contributed by atoms with Crippen LogP contribution in [0.3, 0.4) is 0 Å². The van der Waals surface area contributed by atoms with E-state index in [1.54, 1.807) is 11.3 Å². The van der Waals surface area contributed by atoms with Crippen molar-refractivity contribution in [2.45, 2.75) is 39.8 Å². The Morgan fingerprint density at radius 3 is 2.70 bits per heavy atom. The zero-order chi connectivity index (χ0) is 14.3. The van der Waals surface area contributed by atoms with Gasteiger partial charge in [0.15, 0.2) is 0 Å². The molecule has 3 heterocycles. The van der Waals surface area contributed by atoms with Crippen molar-refractivity contribution in [3.63, 3.8) is 0 Å². The van der Waals surface area contributed by atoms with E-state index in [4.69, 9.17) is 0 Å². The molecule has 106 valence electrons. The number of anilines is 1. The molecule has 3 rings (SSSR count). The minimum atomic E-state index is 0.228. The Hall–Kier alpha value is -1.89. The molecule has 0 aromatic carbocycles. The normalized spacial score (nSPS) is 14.6. The first kappa shape index (κ1) is 13.1. The second kappa shape index (κ2) is 4.90. The van der Waals surface area contributed by atoms with Crippen LogP contribution in [0.5, 0.6) is 0 Å². The van der Waals surface area contributed by atoms with Gasteiger partial charge in [-0.3, -0.25) is 4.68 Å². The first-order valence-corrected chi connectivity index (χ1v) is 7.44. The number of nitrogens with zero attached hydrogens (tertiary/aromatic N) is 5. The van der Waals surface area contributed by atoms with Crippen LogP contribution in [0.2, 0.25) is 0 Å². The van der Waals surface area contributed by atoms with Crippen LogP contribution >= 0.6 is 11.3 Å². The van der Waals surface area contributed by atoms with Crippen LogP contribution in [0.1, 0.15) is 31.1 Å². The molecule has 0 fully saturated rings. The minimum Gasteiger partial charge on any atom is -0.355 e. The van der Waals surface area contributed by atoms with Crippen LogP contribution in [-0.4, -0.2) is 30.4 Å². The molecule has 0 saturated heterocycles. The molecular weight excluding hydrogens is 272 g/mol. The molecule has 0 aliphatic heterocycles. The van der Waals surface area contributed by atoms with Crippen LogP contribution in [0, 0.1) is 13.8 Å². The number of hydrogen-bond donors (Lipinski definition) is 1. The maximum atomic E-state index is 4.49. The molecule has 3 aromatic rings. The highest BCUT2D eigenvalue weighted by molar-refractivity contribution is 7.20. The predicted octanol–water partition coefficient (Wildman–Crippen LogP) is 2.67. The largest absolute Gasteiger partial charge is 0.355 e. The fourth-order valence-electron chi connectivity index (χ4n) is 2.07. The smallest absolute Gasteiger partial charge is 0.214 e. The molecule has 0 spiro atoms. The van der Waals surface area contributed by atoms with Crippen molar-refractivity contribution >= 4 is 21.4 Å². The average molecular weight is 290 g/mol. The second-order valence-corrected chi connectivity index (χ2v) is 6.14. The van der Waals surface area contributed by atoms with Gasteiger partial charge in [0.05, 0.1) is 24.1 Å². The quantitative estimate of drug-likeness (QED) is 0.802. The molecule has 2 unspecified atom stereocenters. The Kier molecular flexibility index (Phi) is 3.21. The number of rotatable bonds is 4. The molecule has 6 nitrogen and oxygen atoms in total. The number of fused-ring (bicyclic) bond motifs is 1. The summed E-state index contributed by atoms with van der Waals surface area (Å²) in [6, 6.07) is 0.480. The van der Waals surface area contributed by atoms with Crippen molar-refractivity contribution in [2.24, 2.45) is 0 Å². The molecule has 2 atom stereocenters. The van der Waals surface area contributed by atoms with Gasteiger partial charge in [0.1, 0.15) is 0 Å². The Bertz CT molecular complexity index is 693. The molecular formula is C13H18N6S. The Labute approximate surface area is 121 Å². The summed E-state index contributed by atoms with van der Waals surface area (Å²) in [7, 11) is 0. The van der Waals surface area contributed by atoms with Gasteiger partial charge in [-0.05, 0) is 33.3 Å². The zero-order valence-electron chi connectivity index (χ0n) is 12.0. The lowest BCUT2D eigenvalue weighted by Crippen LogP contribution is -2.26. The Balaban J connectivity index is 1.74. The standard InChI is InChI=1S/C13H18N6S/c1-8-5-14-18(6-8)11(4)10(3)16-12-17-19-7-9(2)15-13(19)20-12/h5-7,10-11H,1-4H3,(H,16,17). The minimum absolute atomic E-state index is 0.228. The van der Waals surface area contributed by atoms with E-state index in [9.17, 15) is 0 Å². The lowest BCUT2D eigenvalue weighted by molar-refractivity contribution is 0.443. The van der Waals surface area contributed by atoms with E-state index in [1.807, 2.05) is 35.4 Å². The van der Waals surface area contributed by atoms with E-state index in [0.717, 1.165) is 15.8 Å². The van der Waals surface area contributed by atoms with Crippen molar-refractivity contribution in [3.8, 4) is 0 Å². The molecule has 0 aliphatic rings. The van der Waals surface area contributed by atoms with Gasteiger partial charge < -0.3 is 5.32 Å². The zero-order valence-corrected chi connectivity index (χ0v) is 12.8. The van der Waals surface area contributed by atoms with E-state index in [-0.39, 0.29) is 12.1 Å². The maximum Gasteiger partial charge on any atom is 0.214 e. The van der Waals surface area contributed by atoms with Gasteiger partial charge in [-0.2, -0.15) is 5.10 Å². The topological polar surface area (TPSA) is 60.0 Å². The van der Waals surface area contributed by atoms with Crippen LogP contribution < -0.4 is 5.32 Å². The van der Waals surface area contributed by atoms with E-state index < -0.39 is 0 Å². The predicted molar refractivity (Wildman–Crippen MR) is 80.4 cm³/mol. The van der Waals surface area contributed by atoms with Crippen molar-refractivity contribution in [1.82, 2.24) is 24.4 Å². The first-order chi connectivity index (χ1) is 9.52. The number of hydrogen-bond acceptors (Lipinski definition) is 5. The van der Waals surface area contributed by atoms with Crippen molar-refractivity contribution in [1.29, 1.82) is 0 Å². The molecule has 0 amide bonds. The van der Waals surface area contributed by atoms with E-state index >= 15 is 0 Å². The fourth-order valence-corrected chi connectivity index (χ4v) is 2.99. The summed E-state index contributed by atoms with van der Waals surface area (Å²) in [6.45, 7) is 8.30. The van der Waals surface area contributed by atoms with Crippen molar-refractivity contribution in [2.75, 3.05) is 5.32 Å². The first-order valence-electron chi connectivity index (χ1n) is 6.63. The van der Waals surface area contributed by atoms with Crippen molar-refractivity contribution < 1.29 is 0 Å². The van der Waals surface area contributed by atoms with Crippen LogP contribution in [-0.2, 0) is 0 Å². The van der Waals surface area contributed by atoms with Gasteiger partial charge in [0.2, 0.25) is 10.1 Å². The fraction of sp³-hybridized carbons (Fsp3) is 0.462. The van der Waals surface area contributed by atoms with E-state index in [0.29, 0.717) is 0 Å². The highest BCUT2D eigenvalue weighted by atomic mass is 32.1. The summed E-state index contributed by atoms with van der Waals surface area (Å²) in [5, 5.41) is 13.2. The monoisotopic (exact) mass is 290 g/mol. The molecule has 1 N–H and O–H groups in total. The SMILES string of the molecule is Cc1cnn(C(C)C(C)Nc2nn3cc(C)nc3s2)c1. The van der Waals surface area contributed by atoms with Gasteiger partial charge in [0, 0.05) is 12.2 Å². The summed E-state index contributed by atoms with van der Waals surface area (Å²) in [5.74, 6) is 0. The third-order valence-electron chi connectivity index (χ3n) is 3.39. The summed E-state index contributed by atoms with van der Waals surface area (Å²) < 4.78 is 3.80. The average Bonchev–Trinajstić information content (AvgIpc) is 3.03. The Morgan fingerprint density at radius 2 is 2.05 bits per heavy atom. The Morgan fingerprint density at radius 1 is 1.25 bits per heavy atom. The maximum absolute atomic E-state index is 4.49. The van der Waals surface area contributed by atoms with Crippen LogP contribution in [0.4, 0.5) is 5.13 Å². The van der Waals surface area contributed by atoms with Gasteiger partial charge in [0.25, 0.3) is 0 Å². The molecule has 0 bridgehead atoms. The number of nitrogens with one attached hydrogen (secondary N) is 1. The second-order valence-electron chi connectivity index (χ2n) is 5.19. The number of aromatic nitrogens is 5. The van der Waals surface area contributed by atoms with Gasteiger partial charge in [-0.25, -0.2) is 9.50 Å². The third-order valence-corrected chi connectivity index (χ3v) is 4.24. The van der Waals surface area contributed by atoms with Crippen LogP contribution in [0.15, 0.2) is 18.6 Å². The third kappa shape index (κ3) is 2.40. The summed E-state index contributed by atoms with van der Waals surface area (Å²) in [4.78, 5) is 5.33. The molecule has 20 heavy (non-hydrogen) atoms. The lowest BCUT2D eigenvalue weighted by Gasteiger charge is -2.21. The lowest BCUT2D eigenvalue weighted by atomic mass is 10.2. The summed E-state index contributed by atoms with van der Waals surface area (Å²) in [6.07, 6.45) is 5.87. The van der Waals surface area contributed by atoms with Gasteiger partial charge in [-0.1, -0.05) is 11.3 Å². The highest BCUT2D eigenvalue weighted by Gasteiger charge is 2.16. The van der Waals surface area contributed by atoms with Crippen molar-refractivity contribution in [3.05, 3.63) is 29.8 Å². The highest BCUT2D eigenvalue weighted by Crippen LogP contribution is 2.22. The molecule has 0 radical (unpaired) electrons. The van der Waals surface area contributed by atoms with E-state index in [1.165, 1.54) is 5.56 Å². The van der Waals surface area contributed by atoms with Gasteiger partial charge >= 0.3 is 0 Å². The molecule has 3 aromatic heterocycles. The summed E-state index contributed by atoms with van der Waals surface area (Å²) in [5.41, 5.74) is 2.16. The molecule has 7 heteroatoms. The van der Waals surface area contributed by atoms with Gasteiger partial charge in [-0.15, -0.1) is 5.10 Å². The summed E-state index contributed by atoms with van der Waals surface area (Å²) >= 11 is 1.56. The molecule has 0 saturated carbocycles. The molecule has 0 aliphatic carbocycles. The number of aryl methyl sites for hydroxylation is 2. The number of imidazole rings is 1.